The van der Waals surface area contributed by atoms with Gasteiger partial charge in [0.15, 0.2) is 0 Å². The molecule has 0 aromatic carbocycles. The molecule has 0 aliphatic carbocycles. The van der Waals surface area contributed by atoms with Crippen molar-refractivity contribution in [2.45, 2.75) is 32.2 Å². The van der Waals surface area contributed by atoms with E-state index in [1.807, 2.05) is 43.5 Å². The van der Waals surface area contributed by atoms with Gasteiger partial charge in [-0.2, -0.15) is 0 Å². The molecule has 4 rings (SSSR count). The number of nitrogens with zero attached hydrogens (tertiary/aromatic N) is 3. The summed E-state index contributed by atoms with van der Waals surface area (Å²) in [5, 5.41) is 7.19. The molecule has 132 valence electrons. The number of aryl methyl sites for hydroxylation is 1. The third-order valence-electron chi connectivity index (χ3n) is 4.23. The van der Waals surface area contributed by atoms with Crippen LogP contribution >= 0.6 is 11.3 Å². The second-order valence-corrected chi connectivity index (χ2v) is 7.39. The number of carbonyl (C=O) groups is 1. The van der Waals surface area contributed by atoms with Gasteiger partial charge >= 0.3 is 0 Å². The zero-order chi connectivity index (χ0) is 17.9. The molecule has 2 N–H and O–H groups in total. The number of amides is 1. The molecule has 26 heavy (non-hydrogen) atoms. The lowest BCUT2D eigenvalue weighted by atomic mass is 10.1. The number of aromatic nitrogens is 3. The molecule has 6 nitrogen and oxygen atoms in total. The standard InChI is InChI=1S/C19H19N5OS/c1-12-8-9-20-17(10-12)24-16-6-2-4-13(22-16)15-11-21-19(26-15)14-5-3-7-18(25)23-14/h2,4,6,8-11,14H,3,5,7H2,1H3,(H,23,25)(H,20,22,24)/t14-/m0/s1. The molecule has 4 heterocycles. The van der Waals surface area contributed by atoms with E-state index in [0.29, 0.717) is 6.42 Å². The van der Waals surface area contributed by atoms with E-state index in [1.54, 1.807) is 17.5 Å². The molecule has 1 aliphatic heterocycles. The van der Waals surface area contributed by atoms with Gasteiger partial charge in [-0.3, -0.25) is 4.79 Å². The van der Waals surface area contributed by atoms with Gasteiger partial charge in [0.1, 0.15) is 16.6 Å². The molecule has 0 radical (unpaired) electrons. The van der Waals surface area contributed by atoms with Crippen molar-refractivity contribution in [2.75, 3.05) is 5.32 Å². The van der Waals surface area contributed by atoms with Crippen molar-refractivity contribution in [1.82, 2.24) is 20.3 Å². The number of hydrogen-bond donors (Lipinski definition) is 2. The smallest absolute Gasteiger partial charge is 0.220 e. The van der Waals surface area contributed by atoms with Crippen molar-refractivity contribution in [3.63, 3.8) is 0 Å². The van der Waals surface area contributed by atoms with E-state index in [9.17, 15) is 4.79 Å². The van der Waals surface area contributed by atoms with Gasteiger partial charge < -0.3 is 10.6 Å². The minimum atomic E-state index is 0.0211. The van der Waals surface area contributed by atoms with Crippen LogP contribution in [-0.4, -0.2) is 20.9 Å². The highest BCUT2D eigenvalue weighted by atomic mass is 32.1. The minimum absolute atomic E-state index is 0.0211. The molecule has 0 spiro atoms. The van der Waals surface area contributed by atoms with Gasteiger partial charge in [0.2, 0.25) is 5.91 Å². The summed E-state index contributed by atoms with van der Waals surface area (Å²) in [5.41, 5.74) is 1.99. The molecule has 0 saturated carbocycles. The van der Waals surface area contributed by atoms with E-state index >= 15 is 0 Å². The van der Waals surface area contributed by atoms with Gasteiger partial charge in [-0.05, 0) is 49.6 Å². The van der Waals surface area contributed by atoms with E-state index in [2.05, 4.69) is 25.6 Å². The SMILES string of the molecule is Cc1ccnc(Nc2cccc(-c3cnc([C@@H]4CCCC(=O)N4)s3)n2)c1. The van der Waals surface area contributed by atoms with Gasteiger partial charge in [-0.15, -0.1) is 11.3 Å². The number of anilines is 2. The number of carbonyl (C=O) groups excluding carboxylic acids is 1. The highest BCUT2D eigenvalue weighted by Crippen LogP contribution is 2.32. The number of hydrogen-bond acceptors (Lipinski definition) is 6. The highest BCUT2D eigenvalue weighted by molar-refractivity contribution is 7.15. The van der Waals surface area contributed by atoms with Gasteiger partial charge in [-0.25, -0.2) is 15.0 Å². The third-order valence-corrected chi connectivity index (χ3v) is 5.36. The number of thiazole rings is 1. The van der Waals surface area contributed by atoms with Crippen LogP contribution < -0.4 is 10.6 Å². The Labute approximate surface area is 155 Å². The lowest BCUT2D eigenvalue weighted by Gasteiger charge is -2.20. The first kappa shape index (κ1) is 16.7. The Morgan fingerprint density at radius 2 is 2.15 bits per heavy atom. The fourth-order valence-corrected chi connectivity index (χ4v) is 3.91. The number of nitrogens with one attached hydrogen (secondary N) is 2. The Kier molecular flexibility index (Phi) is 4.62. The van der Waals surface area contributed by atoms with Crippen LogP contribution in [0.25, 0.3) is 10.6 Å². The third kappa shape index (κ3) is 3.72. The number of pyridine rings is 2. The summed E-state index contributed by atoms with van der Waals surface area (Å²) >= 11 is 1.58. The van der Waals surface area contributed by atoms with E-state index < -0.39 is 0 Å². The first-order valence-electron chi connectivity index (χ1n) is 8.59. The zero-order valence-electron chi connectivity index (χ0n) is 14.4. The van der Waals surface area contributed by atoms with Gasteiger partial charge in [-0.1, -0.05) is 6.07 Å². The molecule has 1 amide bonds. The summed E-state index contributed by atoms with van der Waals surface area (Å²) in [6.45, 7) is 2.03. The quantitative estimate of drug-likeness (QED) is 0.731. The molecule has 7 heteroatoms. The summed E-state index contributed by atoms with van der Waals surface area (Å²) in [5.74, 6) is 1.61. The van der Waals surface area contributed by atoms with Gasteiger partial charge in [0.05, 0.1) is 16.6 Å². The van der Waals surface area contributed by atoms with Gasteiger partial charge in [0, 0.05) is 18.8 Å². The maximum atomic E-state index is 11.6. The fourth-order valence-electron chi connectivity index (χ4n) is 2.94. The molecule has 1 fully saturated rings. The maximum Gasteiger partial charge on any atom is 0.220 e. The summed E-state index contributed by atoms with van der Waals surface area (Å²) < 4.78 is 0. The molecular weight excluding hydrogens is 346 g/mol. The second kappa shape index (κ2) is 7.21. The van der Waals surface area contributed by atoms with Crippen LogP contribution in [0.15, 0.2) is 42.7 Å². The Bertz CT molecular complexity index is 939. The average molecular weight is 365 g/mol. The van der Waals surface area contributed by atoms with Crippen molar-refractivity contribution < 1.29 is 4.79 Å². The molecule has 0 unspecified atom stereocenters. The minimum Gasteiger partial charge on any atom is -0.347 e. The summed E-state index contributed by atoms with van der Waals surface area (Å²) in [7, 11) is 0. The fraction of sp³-hybridized carbons (Fsp3) is 0.263. The number of piperidine rings is 1. The van der Waals surface area contributed by atoms with Crippen LogP contribution in [0.1, 0.15) is 35.9 Å². The Morgan fingerprint density at radius 1 is 1.23 bits per heavy atom. The van der Waals surface area contributed by atoms with Crippen LogP contribution in [0.3, 0.4) is 0 Å². The van der Waals surface area contributed by atoms with Crippen LogP contribution in [0.5, 0.6) is 0 Å². The predicted molar refractivity (Wildman–Crippen MR) is 102 cm³/mol. The Balaban J connectivity index is 1.54. The van der Waals surface area contributed by atoms with Crippen LogP contribution in [0, 0.1) is 6.92 Å². The van der Waals surface area contributed by atoms with Crippen molar-refractivity contribution in [1.29, 1.82) is 0 Å². The van der Waals surface area contributed by atoms with E-state index in [1.165, 1.54) is 0 Å². The summed E-state index contributed by atoms with van der Waals surface area (Å²) in [4.78, 5) is 26.1. The second-order valence-electron chi connectivity index (χ2n) is 6.33. The van der Waals surface area contributed by atoms with Crippen molar-refractivity contribution >= 4 is 28.9 Å². The monoisotopic (exact) mass is 365 g/mol. The molecule has 1 aliphatic rings. The molecule has 1 atom stereocenters. The van der Waals surface area contributed by atoms with Crippen molar-refractivity contribution in [2.24, 2.45) is 0 Å². The molecule has 3 aromatic rings. The Hall–Kier alpha value is -2.80. The normalized spacial score (nSPS) is 17.0. The van der Waals surface area contributed by atoms with Crippen LogP contribution in [-0.2, 0) is 4.79 Å². The number of rotatable bonds is 4. The van der Waals surface area contributed by atoms with Crippen LogP contribution in [0.4, 0.5) is 11.6 Å². The van der Waals surface area contributed by atoms with Crippen LogP contribution in [0.2, 0.25) is 0 Å². The molecule has 0 bridgehead atoms. The predicted octanol–water partition coefficient (Wildman–Crippen LogP) is 3.99. The molecule has 1 saturated heterocycles. The summed E-state index contributed by atoms with van der Waals surface area (Å²) in [6.07, 6.45) is 6.06. The largest absolute Gasteiger partial charge is 0.347 e. The van der Waals surface area contributed by atoms with Gasteiger partial charge in [0.25, 0.3) is 0 Å². The van der Waals surface area contributed by atoms with E-state index in [0.717, 1.165) is 45.6 Å². The van der Waals surface area contributed by atoms with Crippen molar-refractivity contribution in [3.8, 4) is 10.6 Å². The van der Waals surface area contributed by atoms with Crippen molar-refractivity contribution in [3.05, 3.63) is 53.3 Å². The van der Waals surface area contributed by atoms with E-state index in [-0.39, 0.29) is 11.9 Å². The topological polar surface area (TPSA) is 79.8 Å². The lowest BCUT2D eigenvalue weighted by Crippen LogP contribution is -2.32. The first-order valence-corrected chi connectivity index (χ1v) is 9.41. The zero-order valence-corrected chi connectivity index (χ0v) is 15.2. The highest BCUT2D eigenvalue weighted by Gasteiger charge is 2.22. The summed E-state index contributed by atoms with van der Waals surface area (Å²) in [6, 6.07) is 9.79. The Morgan fingerprint density at radius 3 is 3.00 bits per heavy atom. The molecular formula is C19H19N5OS. The average Bonchev–Trinajstić information content (AvgIpc) is 3.12. The first-order chi connectivity index (χ1) is 12.7. The maximum absolute atomic E-state index is 11.6. The van der Waals surface area contributed by atoms with E-state index in [4.69, 9.17) is 0 Å². The molecule has 3 aromatic heterocycles. The lowest BCUT2D eigenvalue weighted by molar-refractivity contribution is -0.123.